The van der Waals surface area contributed by atoms with Crippen molar-refractivity contribution in [2.75, 3.05) is 28.6 Å². The Hall–Kier alpha value is -4.57. The molecule has 0 spiro atoms. The van der Waals surface area contributed by atoms with Gasteiger partial charge in [-0.1, -0.05) is 51.6 Å². The molecule has 4 aromatic rings. The predicted octanol–water partition coefficient (Wildman–Crippen LogP) is 6.59. The molecule has 0 amide bonds. The van der Waals surface area contributed by atoms with Gasteiger partial charge in [-0.05, 0) is 66.6 Å². The van der Waals surface area contributed by atoms with Crippen LogP contribution in [0.1, 0.15) is 51.7 Å². The van der Waals surface area contributed by atoms with Gasteiger partial charge in [0.15, 0.2) is 5.82 Å². The average Bonchev–Trinajstić information content (AvgIpc) is 2.96. The Morgan fingerprint density at radius 3 is 2.40 bits per heavy atom. The smallest absolute Gasteiger partial charge is 0.287 e. The maximum Gasteiger partial charge on any atom is 0.287 e. The molecule has 0 radical (unpaired) electrons. The summed E-state index contributed by atoms with van der Waals surface area (Å²) in [6, 6.07) is 15.1. The number of aliphatic hydroxyl groups is 1. The highest BCUT2D eigenvalue weighted by atomic mass is 19.1. The number of rotatable bonds is 7. The number of piperidine rings is 1. The first kappa shape index (κ1) is 29.9. The van der Waals surface area contributed by atoms with Gasteiger partial charge in [-0.25, -0.2) is 18.9 Å². The van der Waals surface area contributed by atoms with Crippen LogP contribution in [0.5, 0.6) is 0 Å². The lowest BCUT2D eigenvalue weighted by atomic mass is 9.86. The minimum atomic E-state index is -0.874. The summed E-state index contributed by atoms with van der Waals surface area (Å²) in [7, 11) is 0. The maximum atomic E-state index is 15.7. The molecule has 2 aromatic carbocycles. The number of nitrogens with zero attached hydrogens (tertiary/aromatic N) is 3. The lowest BCUT2D eigenvalue weighted by Gasteiger charge is -2.36. The van der Waals surface area contributed by atoms with Crippen molar-refractivity contribution in [2.45, 2.75) is 51.6 Å². The second kappa shape index (κ2) is 11.6. The highest BCUT2D eigenvalue weighted by molar-refractivity contribution is 5.79. The summed E-state index contributed by atoms with van der Waals surface area (Å²) >= 11 is 0. The van der Waals surface area contributed by atoms with Gasteiger partial charge < -0.3 is 20.6 Å². The van der Waals surface area contributed by atoms with E-state index in [1.165, 1.54) is 12.1 Å². The van der Waals surface area contributed by atoms with Crippen molar-refractivity contribution in [2.24, 2.45) is 0 Å². The molecular weight excluding hydrogens is 550 g/mol. The second-order valence-electron chi connectivity index (χ2n) is 12.2. The zero-order chi connectivity index (χ0) is 30.9. The lowest BCUT2D eigenvalue weighted by molar-refractivity contribution is 0.0351. The van der Waals surface area contributed by atoms with Crippen LogP contribution in [0.15, 0.2) is 72.2 Å². The van der Waals surface area contributed by atoms with Gasteiger partial charge in [0.2, 0.25) is 0 Å². The summed E-state index contributed by atoms with van der Waals surface area (Å²) in [5.74, 6) is -1.26. The minimum absolute atomic E-state index is 0.0108. The average molecular weight is 587 g/mol. The van der Waals surface area contributed by atoms with Gasteiger partial charge in [-0.3, -0.25) is 4.79 Å². The summed E-state index contributed by atoms with van der Waals surface area (Å²) in [6.45, 7) is 13.6. The van der Waals surface area contributed by atoms with Crippen LogP contribution >= 0.6 is 0 Å². The zero-order valence-corrected chi connectivity index (χ0v) is 24.8. The normalized spacial score (nSPS) is 14.8. The van der Waals surface area contributed by atoms with Gasteiger partial charge in [-0.15, -0.1) is 0 Å². The fraction of sp³-hybridized carbons (Fsp3) is 0.303. The summed E-state index contributed by atoms with van der Waals surface area (Å²) < 4.78 is 30.5. The van der Waals surface area contributed by atoms with Crippen molar-refractivity contribution in [1.29, 1.82) is 0 Å². The molecule has 10 heteroatoms. The number of halogens is 2. The molecule has 1 fully saturated rings. The molecule has 4 N–H and O–H groups in total. The first-order valence-corrected chi connectivity index (χ1v) is 14.2. The van der Waals surface area contributed by atoms with Crippen LogP contribution in [-0.4, -0.2) is 39.0 Å². The van der Waals surface area contributed by atoms with E-state index in [2.05, 4.69) is 58.1 Å². The topological polar surface area (TPSA) is 106 Å². The van der Waals surface area contributed by atoms with Gasteiger partial charge in [0, 0.05) is 24.4 Å². The van der Waals surface area contributed by atoms with Crippen molar-refractivity contribution < 1.29 is 13.9 Å². The number of nitrogens with one attached hydrogen (secondary N) is 3. The van der Waals surface area contributed by atoms with E-state index in [1.807, 2.05) is 37.3 Å². The van der Waals surface area contributed by atoms with Gasteiger partial charge in [-0.2, -0.15) is 5.10 Å². The van der Waals surface area contributed by atoms with Crippen LogP contribution in [0.25, 0.3) is 17.0 Å². The summed E-state index contributed by atoms with van der Waals surface area (Å²) in [5, 5.41) is 22.3. The predicted molar refractivity (Wildman–Crippen MR) is 168 cm³/mol. The first-order valence-electron chi connectivity index (χ1n) is 14.2. The van der Waals surface area contributed by atoms with E-state index in [0.717, 1.165) is 17.3 Å². The summed E-state index contributed by atoms with van der Waals surface area (Å²) in [5.41, 5.74) is 1.65. The zero-order valence-electron chi connectivity index (χ0n) is 24.8. The fourth-order valence-corrected chi connectivity index (χ4v) is 4.93. The Morgan fingerprint density at radius 2 is 1.77 bits per heavy atom. The molecule has 43 heavy (non-hydrogen) atoms. The van der Waals surface area contributed by atoms with E-state index in [0.29, 0.717) is 43.0 Å². The number of hydrogen-bond acceptors (Lipinski definition) is 7. The van der Waals surface area contributed by atoms with E-state index in [1.54, 1.807) is 12.3 Å². The largest absolute Gasteiger partial charge is 0.390 e. The molecule has 5 rings (SSSR count). The third kappa shape index (κ3) is 6.75. The molecule has 0 bridgehead atoms. The van der Waals surface area contributed by atoms with Crippen LogP contribution < -0.4 is 21.1 Å². The number of hydrogen-bond donors (Lipinski definition) is 4. The lowest BCUT2D eigenvalue weighted by Crippen LogP contribution is -2.42. The van der Waals surface area contributed by atoms with Gasteiger partial charge in [0.25, 0.3) is 5.56 Å². The summed E-state index contributed by atoms with van der Waals surface area (Å²) in [6.07, 6.45) is 3.02. The van der Waals surface area contributed by atoms with E-state index in [4.69, 9.17) is 0 Å². The number of aromatic amines is 1. The summed E-state index contributed by atoms with van der Waals surface area (Å²) in [4.78, 5) is 19.1. The SMILES string of the molecule is C=C(Nc1c(F)ccc(-c2cc(Nc3ccc(N4CCC(C)(O)CC4)cn3)c(=O)[nH]n2)c1F)c1ccc(C(C)(C)C)cc1. The van der Waals surface area contributed by atoms with Crippen LogP contribution in [-0.2, 0) is 5.41 Å². The van der Waals surface area contributed by atoms with Crippen molar-refractivity contribution >= 4 is 28.6 Å². The van der Waals surface area contributed by atoms with E-state index in [9.17, 15) is 14.3 Å². The molecule has 0 aliphatic carbocycles. The van der Waals surface area contributed by atoms with Crippen molar-refractivity contribution in [3.63, 3.8) is 0 Å². The number of benzene rings is 2. The molecule has 2 aromatic heterocycles. The quantitative estimate of drug-likeness (QED) is 0.194. The van der Waals surface area contributed by atoms with E-state index in [-0.39, 0.29) is 28.0 Å². The van der Waals surface area contributed by atoms with Crippen LogP contribution in [0.2, 0.25) is 0 Å². The number of H-pyrrole nitrogens is 1. The highest BCUT2D eigenvalue weighted by Gasteiger charge is 2.27. The number of anilines is 4. The Kier molecular flexibility index (Phi) is 8.07. The molecule has 0 saturated carbocycles. The maximum absolute atomic E-state index is 15.7. The Balaban J connectivity index is 1.34. The van der Waals surface area contributed by atoms with E-state index < -0.39 is 22.8 Å². The Labute approximate surface area is 249 Å². The molecule has 1 aliphatic heterocycles. The van der Waals surface area contributed by atoms with Crippen molar-refractivity contribution in [1.82, 2.24) is 15.2 Å². The molecule has 0 atom stereocenters. The van der Waals surface area contributed by atoms with E-state index >= 15 is 4.39 Å². The molecule has 224 valence electrons. The first-order chi connectivity index (χ1) is 20.3. The minimum Gasteiger partial charge on any atom is -0.390 e. The Bertz CT molecular complexity index is 1680. The van der Waals surface area contributed by atoms with Crippen molar-refractivity contribution in [3.05, 3.63) is 100 Å². The van der Waals surface area contributed by atoms with Gasteiger partial charge in [0.05, 0.1) is 23.2 Å². The highest BCUT2D eigenvalue weighted by Crippen LogP contribution is 2.32. The number of pyridine rings is 1. The molecule has 1 aliphatic rings. The third-order valence-corrected chi connectivity index (χ3v) is 7.76. The standard InChI is InChI=1S/C33H36F2N6O2/c1-20(21-6-8-22(9-7-21)32(2,3)4)37-30-25(34)12-11-24(29(30)35)26-18-27(31(42)40-39-26)38-28-13-10-23(19-36-28)41-16-14-33(5,43)15-17-41/h6-13,18-19,37,43H,1,14-17H2,2-5H3,(H,40,42)(H,36,38,39). The van der Waals surface area contributed by atoms with Crippen molar-refractivity contribution in [3.8, 4) is 11.3 Å². The number of aromatic nitrogens is 3. The molecule has 8 nitrogen and oxygen atoms in total. The fourth-order valence-electron chi connectivity index (χ4n) is 4.93. The van der Waals surface area contributed by atoms with Crippen LogP contribution in [0.4, 0.5) is 31.7 Å². The third-order valence-electron chi connectivity index (χ3n) is 7.76. The molecular formula is C33H36F2N6O2. The Morgan fingerprint density at radius 1 is 1.07 bits per heavy atom. The second-order valence-corrected chi connectivity index (χ2v) is 12.2. The molecule has 1 saturated heterocycles. The van der Waals surface area contributed by atoms with Gasteiger partial charge in [0.1, 0.15) is 23.0 Å². The molecule has 0 unspecified atom stereocenters. The monoisotopic (exact) mass is 586 g/mol. The van der Waals surface area contributed by atoms with Crippen LogP contribution in [0, 0.1) is 11.6 Å². The van der Waals surface area contributed by atoms with Crippen LogP contribution in [0.3, 0.4) is 0 Å². The van der Waals surface area contributed by atoms with Gasteiger partial charge >= 0.3 is 0 Å². The molecule has 3 heterocycles.